The average molecular weight is 233 g/mol. The highest BCUT2D eigenvalue weighted by molar-refractivity contribution is 5.40. The highest BCUT2D eigenvalue weighted by Gasteiger charge is 2.31. The number of aliphatic hydroxyl groups is 1. The largest absolute Gasteiger partial charge is 0.497 e. The first-order valence-corrected chi connectivity index (χ1v) is 6.37. The van der Waals surface area contributed by atoms with Gasteiger partial charge in [-0.1, -0.05) is 6.07 Å². The molecule has 1 aromatic carbocycles. The molecule has 0 amide bonds. The summed E-state index contributed by atoms with van der Waals surface area (Å²) in [5.41, 5.74) is 2.81. The van der Waals surface area contributed by atoms with Gasteiger partial charge in [-0.2, -0.15) is 0 Å². The number of nitrogens with one attached hydrogen (secondary N) is 1. The summed E-state index contributed by atoms with van der Waals surface area (Å²) in [6, 6.07) is 7.29. The van der Waals surface area contributed by atoms with Crippen LogP contribution in [0, 0.1) is 0 Å². The minimum Gasteiger partial charge on any atom is -0.497 e. The van der Waals surface area contributed by atoms with E-state index in [0.29, 0.717) is 12.1 Å². The van der Waals surface area contributed by atoms with Crippen molar-refractivity contribution < 1.29 is 9.84 Å². The number of hydrogen-bond donors (Lipinski definition) is 2. The molecule has 3 heteroatoms. The Bertz CT molecular complexity index is 413. The van der Waals surface area contributed by atoms with Gasteiger partial charge in [-0.05, 0) is 48.9 Å². The van der Waals surface area contributed by atoms with Crippen molar-refractivity contribution in [1.29, 1.82) is 0 Å². The zero-order valence-electron chi connectivity index (χ0n) is 10.1. The molecule has 2 aliphatic carbocycles. The third kappa shape index (κ3) is 2.05. The Hall–Kier alpha value is -1.06. The lowest BCUT2D eigenvalue weighted by atomic mass is 9.88. The summed E-state index contributed by atoms with van der Waals surface area (Å²) in [6.07, 6.45) is 4.02. The number of rotatable bonds is 3. The van der Waals surface area contributed by atoms with Gasteiger partial charge < -0.3 is 15.2 Å². The second-order valence-electron chi connectivity index (χ2n) is 5.14. The Morgan fingerprint density at radius 2 is 2.18 bits per heavy atom. The maximum atomic E-state index is 9.31. The Morgan fingerprint density at radius 1 is 1.35 bits per heavy atom. The van der Waals surface area contributed by atoms with Gasteiger partial charge in [0.15, 0.2) is 0 Å². The number of aryl methyl sites for hydroxylation is 1. The summed E-state index contributed by atoms with van der Waals surface area (Å²) < 4.78 is 5.28. The van der Waals surface area contributed by atoms with Crippen molar-refractivity contribution in [3.8, 4) is 5.75 Å². The maximum Gasteiger partial charge on any atom is 0.119 e. The number of fused-ring (bicyclic) bond motifs is 1. The van der Waals surface area contributed by atoms with Crippen molar-refractivity contribution in [1.82, 2.24) is 5.32 Å². The zero-order chi connectivity index (χ0) is 11.8. The lowest BCUT2D eigenvalue weighted by molar-refractivity contribution is 0.0577. The summed E-state index contributed by atoms with van der Waals surface area (Å²) in [7, 11) is 1.71. The fourth-order valence-corrected chi connectivity index (χ4v) is 2.89. The van der Waals surface area contributed by atoms with Gasteiger partial charge in [0.05, 0.1) is 13.2 Å². The molecule has 0 radical (unpaired) electrons. The van der Waals surface area contributed by atoms with E-state index in [1.807, 2.05) is 6.07 Å². The molecule has 0 aromatic heterocycles. The molecule has 1 atom stereocenters. The predicted octanol–water partition coefficient (Wildman–Crippen LogP) is 1.80. The third-order valence-electron chi connectivity index (χ3n) is 3.98. The van der Waals surface area contributed by atoms with E-state index in [9.17, 15) is 5.11 Å². The highest BCUT2D eigenvalue weighted by Crippen LogP contribution is 2.35. The molecule has 17 heavy (non-hydrogen) atoms. The molecular weight excluding hydrogens is 214 g/mol. The van der Waals surface area contributed by atoms with E-state index in [1.54, 1.807) is 7.11 Å². The van der Waals surface area contributed by atoms with Crippen LogP contribution in [-0.2, 0) is 6.42 Å². The monoisotopic (exact) mass is 233 g/mol. The maximum absolute atomic E-state index is 9.31. The molecule has 92 valence electrons. The molecule has 0 heterocycles. The van der Waals surface area contributed by atoms with Gasteiger partial charge in [-0.15, -0.1) is 0 Å². The van der Waals surface area contributed by atoms with E-state index in [-0.39, 0.29) is 6.10 Å². The molecule has 0 bridgehead atoms. The molecular formula is C14H19NO2. The van der Waals surface area contributed by atoms with Gasteiger partial charge in [0.25, 0.3) is 0 Å². The minimum atomic E-state index is -0.0846. The first-order chi connectivity index (χ1) is 8.26. The van der Waals surface area contributed by atoms with Crippen LogP contribution >= 0.6 is 0 Å². The Morgan fingerprint density at radius 3 is 2.88 bits per heavy atom. The Labute approximate surface area is 102 Å². The quantitative estimate of drug-likeness (QED) is 0.836. The van der Waals surface area contributed by atoms with E-state index >= 15 is 0 Å². The molecule has 2 aliphatic rings. The molecule has 1 saturated carbocycles. The van der Waals surface area contributed by atoms with Gasteiger partial charge in [0.2, 0.25) is 0 Å². The number of aliphatic hydroxyl groups excluding tert-OH is 1. The van der Waals surface area contributed by atoms with Crippen LogP contribution in [0.3, 0.4) is 0 Å². The summed E-state index contributed by atoms with van der Waals surface area (Å²) in [4.78, 5) is 0. The van der Waals surface area contributed by atoms with Crippen LogP contribution in [0.2, 0.25) is 0 Å². The van der Waals surface area contributed by atoms with Crippen LogP contribution in [0.5, 0.6) is 5.75 Å². The molecule has 0 aliphatic heterocycles. The molecule has 3 nitrogen and oxygen atoms in total. The van der Waals surface area contributed by atoms with Crippen molar-refractivity contribution in [2.24, 2.45) is 0 Å². The first-order valence-electron chi connectivity index (χ1n) is 6.37. The summed E-state index contributed by atoms with van der Waals surface area (Å²) >= 11 is 0. The van der Waals surface area contributed by atoms with Crippen molar-refractivity contribution in [2.45, 2.75) is 43.9 Å². The minimum absolute atomic E-state index is 0.0846. The number of ether oxygens (including phenoxy) is 1. The van der Waals surface area contributed by atoms with Crippen LogP contribution < -0.4 is 10.1 Å². The fraction of sp³-hybridized carbons (Fsp3) is 0.571. The molecule has 0 spiro atoms. The summed E-state index contributed by atoms with van der Waals surface area (Å²) in [5.74, 6) is 0.936. The van der Waals surface area contributed by atoms with Gasteiger partial charge in [0, 0.05) is 12.1 Å². The average Bonchev–Trinajstić information content (AvgIpc) is 2.70. The second kappa shape index (κ2) is 4.31. The number of hydrogen-bond acceptors (Lipinski definition) is 3. The lowest BCUT2D eigenvalue weighted by Crippen LogP contribution is -2.45. The highest BCUT2D eigenvalue weighted by atomic mass is 16.5. The fourth-order valence-electron chi connectivity index (χ4n) is 2.89. The van der Waals surface area contributed by atoms with Crippen LogP contribution in [-0.4, -0.2) is 24.4 Å². The van der Waals surface area contributed by atoms with E-state index < -0.39 is 0 Å². The smallest absolute Gasteiger partial charge is 0.119 e. The SMILES string of the molecule is COc1ccc2c(c1)C(NC1CC(O)C1)CC2. The van der Waals surface area contributed by atoms with Gasteiger partial charge in [-0.25, -0.2) is 0 Å². The van der Waals surface area contributed by atoms with E-state index in [4.69, 9.17) is 4.74 Å². The van der Waals surface area contributed by atoms with E-state index in [1.165, 1.54) is 11.1 Å². The van der Waals surface area contributed by atoms with Crippen LogP contribution in [0.1, 0.15) is 36.4 Å². The van der Waals surface area contributed by atoms with Crippen LogP contribution in [0.4, 0.5) is 0 Å². The van der Waals surface area contributed by atoms with Crippen molar-refractivity contribution >= 4 is 0 Å². The van der Waals surface area contributed by atoms with Crippen molar-refractivity contribution in [3.05, 3.63) is 29.3 Å². The number of methoxy groups -OCH3 is 1. The zero-order valence-corrected chi connectivity index (χ0v) is 10.1. The Balaban J connectivity index is 1.73. The lowest BCUT2D eigenvalue weighted by Gasteiger charge is -2.34. The standard InChI is InChI=1S/C14H19NO2/c1-17-12-4-2-9-3-5-14(13(9)8-12)15-10-6-11(16)7-10/h2,4,8,10-11,14-16H,3,5-7H2,1H3. The molecule has 3 rings (SSSR count). The summed E-state index contributed by atoms with van der Waals surface area (Å²) in [6.45, 7) is 0. The molecule has 1 fully saturated rings. The third-order valence-corrected chi connectivity index (χ3v) is 3.98. The molecule has 0 saturated heterocycles. The van der Waals surface area contributed by atoms with E-state index in [0.717, 1.165) is 31.4 Å². The van der Waals surface area contributed by atoms with Gasteiger partial charge in [0.1, 0.15) is 5.75 Å². The summed E-state index contributed by atoms with van der Waals surface area (Å²) in [5, 5.41) is 12.9. The molecule has 1 unspecified atom stereocenters. The van der Waals surface area contributed by atoms with E-state index in [2.05, 4.69) is 17.4 Å². The van der Waals surface area contributed by atoms with Crippen molar-refractivity contribution in [2.75, 3.05) is 7.11 Å². The molecule has 2 N–H and O–H groups in total. The van der Waals surface area contributed by atoms with Crippen molar-refractivity contribution in [3.63, 3.8) is 0 Å². The van der Waals surface area contributed by atoms with Crippen LogP contribution in [0.15, 0.2) is 18.2 Å². The Kier molecular flexibility index (Phi) is 2.81. The topological polar surface area (TPSA) is 41.5 Å². The van der Waals surface area contributed by atoms with Gasteiger partial charge in [-0.3, -0.25) is 0 Å². The number of benzene rings is 1. The normalized spacial score (nSPS) is 30.8. The first kappa shape index (κ1) is 11.1. The van der Waals surface area contributed by atoms with Crippen LogP contribution in [0.25, 0.3) is 0 Å². The predicted molar refractivity (Wildman–Crippen MR) is 66.2 cm³/mol. The second-order valence-corrected chi connectivity index (χ2v) is 5.14. The molecule has 1 aromatic rings. The van der Waals surface area contributed by atoms with Gasteiger partial charge >= 0.3 is 0 Å².